The van der Waals surface area contributed by atoms with E-state index in [4.69, 9.17) is 14.5 Å². The molecule has 1 amide bonds. The maximum Gasteiger partial charge on any atom is 0.255 e. The Morgan fingerprint density at radius 2 is 1.73 bits per heavy atom. The van der Waals surface area contributed by atoms with Crippen LogP contribution in [0.15, 0.2) is 85.5 Å². The summed E-state index contributed by atoms with van der Waals surface area (Å²) in [5, 5.41) is 3.00. The second-order valence-corrected chi connectivity index (χ2v) is 8.88. The molecule has 1 heterocycles. The Bertz CT molecular complexity index is 1330. The van der Waals surface area contributed by atoms with E-state index in [0.717, 1.165) is 66.8 Å². The summed E-state index contributed by atoms with van der Waals surface area (Å²) in [6.45, 7) is 5.77. The number of hydrogen-bond donors (Lipinski definition) is 1. The predicted molar refractivity (Wildman–Crippen MR) is 148 cm³/mol. The number of imidazole rings is 1. The topological polar surface area (TPSA) is 65.4 Å². The number of aryl methyl sites for hydroxylation is 1. The van der Waals surface area contributed by atoms with Crippen molar-refractivity contribution in [2.24, 2.45) is 0 Å². The van der Waals surface area contributed by atoms with Crippen LogP contribution in [0.1, 0.15) is 41.0 Å². The number of carbonyl (C=O) groups is 1. The number of methoxy groups -OCH3 is 1. The second-order valence-electron chi connectivity index (χ2n) is 8.88. The van der Waals surface area contributed by atoms with Gasteiger partial charge in [-0.25, -0.2) is 4.98 Å². The lowest BCUT2D eigenvalue weighted by molar-refractivity contribution is 0.0950. The Hall–Kier alpha value is -4.06. The molecule has 0 saturated heterocycles. The highest BCUT2D eigenvalue weighted by atomic mass is 16.5. The molecule has 0 unspecified atom stereocenters. The summed E-state index contributed by atoms with van der Waals surface area (Å²) in [6, 6.07) is 23.6. The quantitative estimate of drug-likeness (QED) is 0.172. The summed E-state index contributed by atoms with van der Waals surface area (Å²) in [4.78, 5) is 17.4. The highest BCUT2D eigenvalue weighted by molar-refractivity contribution is 5.96. The highest BCUT2D eigenvalue weighted by Gasteiger charge is 2.12. The van der Waals surface area contributed by atoms with Crippen molar-refractivity contribution in [3.63, 3.8) is 0 Å². The van der Waals surface area contributed by atoms with E-state index >= 15 is 0 Å². The number of aromatic nitrogens is 2. The first-order valence-corrected chi connectivity index (χ1v) is 12.9. The van der Waals surface area contributed by atoms with Gasteiger partial charge in [0.15, 0.2) is 0 Å². The number of amides is 1. The van der Waals surface area contributed by atoms with Gasteiger partial charge in [0.1, 0.15) is 23.9 Å². The second kappa shape index (κ2) is 13.3. The van der Waals surface area contributed by atoms with Gasteiger partial charge in [-0.2, -0.15) is 0 Å². The zero-order valence-electron chi connectivity index (χ0n) is 21.5. The molecule has 0 saturated carbocycles. The van der Waals surface area contributed by atoms with Crippen molar-refractivity contribution >= 4 is 16.9 Å². The number of nitrogens with zero attached hydrogens (tertiary/aromatic N) is 2. The largest absolute Gasteiger partial charge is 0.496 e. The van der Waals surface area contributed by atoms with E-state index in [1.165, 1.54) is 0 Å². The average molecular weight is 498 g/mol. The van der Waals surface area contributed by atoms with Crippen LogP contribution in [0.3, 0.4) is 0 Å². The molecule has 0 aliphatic rings. The smallest absolute Gasteiger partial charge is 0.255 e. The van der Waals surface area contributed by atoms with Crippen LogP contribution in [0, 0.1) is 0 Å². The number of ether oxygens (including phenoxy) is 2. The molecular formula is C31H35N3O3. The number of hydrogen-bond acceptors (Lipinski definition) is 4. The number of para-hydroxylation sites is 4. The van der Waals surface area contributed by atoms with Gasteiger partial charge in [-0.05, 0) is 55.2 Å². The van der Waals surface area contributed by atoms with E-state index in [0.29, 0.717) is 24.5 Å². The van der Waals surface area contributed by atoms with E-state index in [2.05, 4.69) is 40.7 Å². The molecule has 6 nitrogen and oxygen atoms in total. The van der Waals surface area contributed by atoms with Crippen molar-refractivity contribution in [3.05, 3.63) is 102 Å². The third kappa shape index (κ3) is 6.79. The fourth-order valence-corrected chi connectivity index (χ4v) is 4.50. The van der Waals surface area contributed by atoms with Crippen molar-refractivity contribution in [2.75, 3.05) is 20.3 Å². The van der Waals surface area contributed by atoms with Crippen molar-refractivity contribution in [2.45, 2.75) is 38.6 Å². The Morgan fingerprint density at radius 3 is 2.57 bits per heavy atom. The van der Waals surface area contributed by atoms with Crippen LogP contribution in [-0.2, 0) is 19.4 Å². The first kappa shape index (κ1) is 26.0. The van der Waals surface area contributed by atoms with Crippen molar-refractivity contribution in [1.82, 2.24) is 14.9 Å². The van der Waals surface area contributed by atoms with E-state index in [9.17, 15) is 4.79 Å². The molecule has 3 aromatic carbocycles. The van der Waals surface area contributed by atoms with Crippen LogP contribution >= 0.6 is 0 Å². The minimum absolute atomic E-state index is 0.103. The van der Waals surface area contributed by atoms with E-state index in [1.807, 2.05) is 42.5 Å². The lowest BCUT2D eigenvalue weighted by Crippen LogP contribution is -2.24. The summed E-state index contributed by atoms with van der Waals surface area (Å²) in [5.74, 6) is 2.46. The van der Waals surface area contributed by atoms with Crippen LogP contribution in [0.25, 0.3) is 11.0 Å². The molecule has 0 bridgehead atoms. The number of nitrogens with one attached hydrogen (secondary N) is 1. The van der Waals surface area contributed by atoms with Crippen molar-refractivity contribution in [3.8, 4) is 11.5 Å². The monoisotopic (exact) mass is 497 g/mol. The van der Waals surface area contributed by atoms with Gasteiger partial charge in [0.25, 0.3) is 5.91 Å². The van der Waals surface area contributed by atoms with Crippen LogP contribution in [0.5, 0.6) is 11.5 Å². The number of unbranched alkanes of at least 4 members (excludes halogenated alkanes) is 2. The first-order valence-electron chi connectivity index (χ1n) is 12.9. The SMILES string of the molecule is C=CCc1ccccc1OCCn1c(CCCCCNC(=O)c2ccccc2OC)nc2ccccc21. The highest BCUT2D eigenvalue weighted by Crippen LogP contribution is 2.21. The Balaban J connectivity index is 1.29. The van der Waals surface area contributed by atoms with Gasteiger partial charge >= 0.3 is 0 Å². The zero-order chi connectivity index (χ0) is 25.9. The molecule has 4 aromatic rings. The van der Waals surface area contributed by atoms with E-state index < -0.39 is 0 Å². The molecule has 0 radical (unpaired) electrons. The molecule has 0 aliphatic carbocycles. The molecule has 0 spiro atoms. The first-order chi connectivity index (χ1) is 18.2. The maximum absolute atomic E-state index is 12.5. The fraction of sp³-hybridized carbons (Fsp3) is 0.290. The van der Waals surface area contributed by atoms with Gasteiger partial charge in [-0.15, -0.1) is 6.58 Å². The molecule has 0 atom stereocenters. The minimum atomic E-state index is -0.103. The van der Waals surface area contributed by atoms with Crippen LogP contribution in [0.2, 0.25) is 0 Å². The molecule has 1 N–H and O–H groups in total. The summed E-state index contributed by atoms with van der Waals surface area (Å²) in [5.41, 5.74) is 3.84. The lowest BCUT2D eigenvalue weighted by Gasteiger charge is -2.13. The third-order valence-electron chi connectivity index (χ3n) is 6.36. The Kier molecular flexibility index (Phi) is 9.35. The third-order valence-corrected chi connectivity index (χ3v) is 6.36. The summed E-state index contributed by atoms with van der Waals surface area (Å²) in [6.07, 6.45) is 6.46. The molecule has 0 aliphatic heterocycles. The molecule has 37 heavy (non-hydrogen) atoms. The Labute approximate surface area is 218 Å². The van der Waals surface area contributed by atoms with Crippen molar-refractivity contribution < 1.29 is 14.3 Å². The molecule has 0 fully saturated rings. The maximum atomic E-state index is 12.5. The van der Waals surface area contributed by atoms with E-state index in [1.54, 1.807) is 19.2 Å². The standard InChI is InChI=1S/C31H35N3O3/c1-3-13-24-14-6-10-18-28(24)37-23-22-34-27-17-9-8-16-26(27)33-30(34)20-5-4-12-21-32-31(35)25-15-7-11-19-29(25)36-2/h3,6-11,14-19H,1,4-5,12-13,20-23H2,2H3,(H,32,35). The number of allylic oxidation sites excluding steroid dienone is 1. The van der Waals surface area contributed by atoms with E-state index in [-0.39, 0.29) is 5.91 Å². The molecule has 6 heteroatoms. The van der Waals surface area contributed by atoms with Gasteiger partial charge in [-0.3, -0.25) is 4.79 Å². The molecule has 192 valence electrons. The van der Waals surface area contributed by atoms with Crippen LogP contribution in [-0.4, -0.2) is 35.7 Å². The molecule has 1 aromatic heterocycles. The minimum Gasteiger partial charge on any atom is -0.496 e. The normalized spacial score (nSPS) is 10.8. The number of benzene rings is 3. The van der Waals surface area contributed by atoms with Gasteiger partial charge in [0.2, 0.25) is 0 Å². The summed E-state index contributed by atoms with van der Waals surface area (Å²) >= 11 is 0. The summed E-state index contributed by atoms with van der Waals surface area (Å²) in [7, 11) is 1.58. The Morgan fingerprint density at radius 1 is 0.973 bits per heavy atom. The van der Waals surface area contributed by atoms with Crippen LogP contribution in [0.4, 0.5) is 0 Å². The number of rotatable bonds is 14. The van der Waals surface area contributed by atoms with Crippen molar-refractivity contribution in [1.29, 1.82) is 0 Å². The lowest BCUT2D eigenvalue weighted by atomic mass is 10.1. The molecule has 4 rings (SSSR count). The summed E-state index contributed by atoms with van der Waals surface area (Å²) < 4.78 is 13.7. The zero-order valence-corrected chi connectivity index (χ0v) is 21.5. The number of fused-ring (bicyclic) bond motifs is 1. The van der Waals surface area contributed by atoms with Gasteiger partial charge in [0.05, 0.1) is 30.3 Å². The predicted octanol–water partition coefficient (Wildman–Crippen LogP) is 6.00. The number of carbonyl (C=O) groups excluding carboxylic acids is 1. The van der Waals surface area contributed by atoms with Gasteiger partial charge in [0, 0.05) is 13.0 Å². The average Bonchev–Trinajstić information content (AvgIpc) is 3.28. The fourth-order valence-electron chi connectivity index (χ4n) is 4.50. The molecular weight excluding hydrogens is 462 g/mol. The van der Waals surface area contributed by atoms with Gasteiger partial charge in [-0.1, -0.05) is 55.0 Å². The van der Waals surface area contributed by atoms with Crippen LogP contribution < -0.4 is 14.8 Å². The van der Waals surface area contributed by atoms with Gasteiger partial charge < -0.3 is 19.4 Å².